The smallest absolute Gasteiger partial charge is 0.166 e. The molecule has 0 N–H and O–H groups in total. The molecule has 0 saturated heterocycles. The highest BCUT2D eigenvalue weighted by atomic mass is 32.1. The lowest BCUT2D eigenvalue weighted by Gasteiger charge is -2.18. The molecule has 300 valence electrons. The second-order valence-corrected chi connectivity index (χ2v) is 17.4. The van der Waals surface area contributed by atoms with Gasteiger partial charge in [-0.05, 0) is 66.5 Å². The Morgan fingerprint density at radius 3 is 2.11 bits per heavy atom. The minimum absolute atomic E-state index is 0.636. The predicted molar refractivity (Wildman–Crippen MR) is 267 cm³/mol. The number of rotatable bonds is 6. The molecule has 13 rings (SSSR count). The van der Waals surface area contributed by atoms with Gasteiger partial charge in [-0.1, -0.05) is 157 Å². The number of fused-ring (bicyclic) bond motifs is 9. The van der Waals surface area contributed by atoms with Gasteiger partial charge in [0.15, 0.2) is 17.5 Å². The number of allylic oxidation sites excluding steroid dienone is 5. The first-order valence-corrected chi connectivity index (χ1v) is 22.6. The molecule has 0 radical (unpaired) electrons. The number of hydrogen-bond donors (Lipinski definition) is 0. The molecule has 0 spiro atoms. The van der Waals surface area contributed by atoms with E-state index in [1.807, 2.05) is 24.3 Å². The molecule has 0 fully saturated rings. The van der Waals surface area contributed by atoms with Crippen molar-refractivity contribution in [1.82, 2.24) is 24.1 Å². The van der Waals surface area contributed by atoms with E-state index in [-0.39, 0.29) is 0 Å². The van der Waals surface area contributed by atoms with E-state index in [0.29, 0.717) is 23.9 Å². The SMILES string of the molecule is C1#CCC(n2c3ccccc3c3cccc(-n4c5c(c6cccc(-c7nc(-c8ccccc8)nc(-c8cccc9c8sc8cccc(-c%10ccccc%10)c89)n7)c64)C=CCC5)c32)=CC=C1. The molecule has 4 heterocycles. The van der Waals surface area contributed by atoms with Gasteiger partial charge in [0.05, 0.1) is 28.7 Å². The van der Waals surface area contributed by atoms with Crippen LogP contribution >= 0.6 is 11.3 Å². The third-order valence-electron chi connectivity index (χ3n) is 12.8. The number of aromatic nitrogens is 5. The maximum absolute atomic E-state index is 5.51. The molecule has 11 aromatic rings. The van der Waals surface area contributed by atoms with Crippen LogP contribution in [-0.2, 0) is 6.42 Å². The summed E-state index contributed by atoms with van der Waals surface area (Å²) < 4.78 is 7.35. The van der Waals surface area contributed by atoms with Gasteiger partial charge >= 0.3 is 0 Å². The number of nitrogens with zero attached hydrogens (tertiary/aromatic N) is 5. The van der Waals surface area contributed by atoms with Crippen molar-refractivity contribution in [1.29, 1.82) is 0 Å². The number of hydrogen-bond acceptors (Lipinski definition) is 4. The molecule has 0 unspecified atom stereocenters. The van der Waals surface area contributed by atoms with Crippen molar-refractivity contribution >= 4 is 76.0 Å². The highest BCUT2D eigenvalue weighted by Crippen LogP contribution is 2.46. The van der Waals surface area contributed by atoms with Crippen LogP contribution in [-0.4, -0.2) is 24.1 Å². The molecule has 4 aromatic heterocycles. The zero-order valence-corrected chi connectivity index (χ0v) is 35.5. The van der Waals surface area contributed by atoms with Crippen LogP contribution < -0.4 is 0 Å². The largest absolute Gasteiger partial charge is 0.310 e. The van der Waals surface area contributed by atoms with Crippen LogP contribution in [0.1, 0.15) is 24.1 Å². The van der Waals surface area contributed by atoms with Crippen molar-refractivity contribution in [2.75, 3.05) is 0 Å². The standard InChI is InChI=1S/C58H37N5S/c1-2-10-24-39(23-9-1)62-48-33-13-11-26-42(48)44-29-17-35-50(54(44)62)63-49-34-14-12-25-41(49)43-28-15-31-46(53(43)63)57-59-56(38-21-7-4-8-22-38)60-58(61-57)47-32-16-30-45-52-40(37-19-5-3-6-20-37)27-18-36-51(52)64-55(45)47/h1,3-9,11-13,15-23,25-33,35-36H,14,24,34H2. The van der Waals surface area contributed by atoms with E-state index >= 15 is 0 Å². The summed E-state index contributed by atoms with van der Waals surface area (Å²) in [4.78, 5) is 16.2. The van der Waals surface area contributed by atoms with Crippen LogP contribution in [0.4, 0.5) is 0 Å². The Kier molecular flexibility index (Phi) is 8.43. The van der Waals surface area contributed by atoms with Crippen LogP contribution in [0.2, 0.25) is 0 Å². The van der Waals surface area contributed by atoms with Crippen LogP contribution in [0.15, 0.2) is 182 Å². The molecule has 5 nitrogen and oxygen atoms in total. The number of benzene rings is 7. The number of thiophene rings is 1. The molecular formula is C58H37N5S. The maximum Gasteiger partial charge on any atom is 0.166 e. The second kappa shape index (κ2) is 14.8. The van der Waals surface area contributed by atoms with E-state index in [9.17, 15) is 0 Å². The Hall–Kier alpha value is -8.11. The minimum Gasteiger partial charge on any atom is -0.310 e. The lowest BCUT2D eigenvalue weighted by atomic mass is 9.99. The normalized spacial score (nSPS) is 13.4. The van der Waals surface area contributed by atoms with E-state index in [1.54, 1.807) is 11.3 Å². The Balaban J connectivity index is 1.10. The first kappa shape index (κ1) is 36.5. The van der Waals surface area contributed by atoms with Crippen molar-refractivity contribution in [3.8, 4) is 62.8 Å². The molecule has 6 heteroatoms. The van der Waals surface area contributed by atoms with Gasteiger partial charge in [0.1, 0.15) is 0 Å². The molecular weight excluding hydrogens is 799 g/mol. The Labute approximate surface area is 373 Å². The average molecular weight is 836 g/mol. The lowest BCUT2D eigenvalue weighted by Crippen LogP contribution is -2.07. The monoisotopic (exact) mass is 835 g/mol. The van der Waals surface area contributed by atoms with Gasteiger partial charge in [-0.3, -0.25) is 0 Å². The summed E-state index contributed by atoms with van der Waals surface area (Å²) in [5.41, 5.74) is 13.5. The molecule has 7 aromatic carbocycles. The Morgan fingerprint density at radius 2 is 1.23 bits per heavy atom. The predicted octanol–water partition coefficient (Wildman–Crippen LogP) is 14.7. The first-order chi connectivity index (χ1) is 31.8. The van der Waals surface area contributed by atoms with Gasteiger partial charge in [-0.2, -0.15) is 0 Å². The molecule has 0 saturated carbocycles. The zero-order chi connectivity index (χ0) is 42.1. The van der Waals surface area contributed by atoms with Crippen molar-refractivity contribution < 1.29 is 0 Å². The molecule has 0 aliphatic heterocycles. The van der Waals surface area contributed by atoms with E-state index in [1.165, 1.54) is 59.5 Å². The molecule has 0 bridgehead atoms. The van der Waals surface area contributed by atoms with Crippen LogP contribution in [0, 0.1) is 11.8 Å². The molecule has 2 aliphatic rings. The van der Waals surface area contributed by atoms with Crippen molar-refractivity contribution in [3.63, 3.8) is 0 Å². The van der Waals surface area contributed by atoms with Crippen molar-refractivity contribution in [3.05, 3.63) is 193 Å². The minimum atomic E-state index is 0.636. The lowest BCUT2D eigenvalue weighted by molar-refractivity contribution is 0.889. The summed E-state index contributed by atoms with van der Waals surface area (Å²) in [7, 11) is 0. The third-order valence-corrected chi connectivity index (χ3v) is 14.0. The fraction of sp³-hybridized carbons (Fsp3) is 0.0517. The average Bonchev–Trinajstić information content (AvgIpc) is 3.94. The fourth-order valence-electron chi connectivity index (χ4n) is 10.0. The van der Waals surface area contributed by atoms with Crippen LogP contribution in [0.3, 0.4) is 0 Å². The summed E-state index contributed by atoms with van der Waals surface area (Å²) in [5, 5.41) is 6.05. The van der Waals surface area contributed by atoms with E-state index < -0.39 is 0 Å². The van der Waals surface area contributed by atoms with E-state index in [0.717, 1.165) is 56.6 Å². The molecule has 0 atom stereocenters. The van der Waals surface area contributed by atoms with Crippen LogP contribution in [0.25, 0.3) is 116 Å². The summed E-state index contributed by atoms with van der Waals surface area (Å²) in [5.74, 6) is 8.51. The topological polar surface area (TPSA) is 48.5 Å². The second-order valence-electron chi connectivity index (χ2n) is 16.4. The molecule has 64 heavy (non-hydrogen) atoms. The summed E-state index contributed by atoms with van der Waals surface area (Å²) in [6.07, 6.45) is 13.3. The third kappa shape index (κ3) is 5.68. The number of para-hydroxylation sites is 3. The van der Waals surface area contributed by atoms with Gasteiger partial charge < -0.3 is 9.13 Å². The van der Waals surface area contributed by atoms with E-state index in [4.69, 9.17) is 15.0 Å². The summed E-state index contributed by atoms with van der Waals surface area (Å²) in [6.45, 7) is 0. The van der Waals surface area contributed by atoms with E-state index in [2.05, 4.69) is 185 Å². The van der Waals surface area contributed by atoms with Crippen LogP contribution in [0.5, 0.6) is 0 Å². The van der Waals surface area contributed by atoms with Gasteiger partial charge in [0.25, 0.3) is 0 Å². The van der Waals surface area contributed by atoms with Crippen molar-refractivity contribution in [2.24, 2.45) is 0 Å². The highest BCUT2D eigenvalue weighted by Gasteiger charge is 2.27. The molecule has 2 aliphatic carbocycles. The summed E-state index contributed by atoms with van der Waals surface area (Å²) in [6, 6.07) is 56.3. The maximum atomic E-state index is 5.51. The fourth-order valence-corrected chi connectivity index (χ4v) is 11.3. The Morgan fingerprint density at radius 1 is 0.547 bits per heavy atom. The van der Waals surface area contributed by atoms with Crippen molar-refractivity contribution in [2.45, 2.75) is 19.3 Å². The highest BCUT2D eigenvalue weighted by molar-refractivity contribution is 7.26. The Bertz CT molecular complexity index is 3870. The first-order valence-electron chi connectivity index (χ1n) is 21.8. The summed E-state index contributed by atoms with van der Waals surface area (Å²) >= 11 is 1.80. The zero-order valence-electron chi connectivity index (χ0n) is 34.7. The van der Waals surface area contributed by atoms with Gasteiger partial charge in [-0.15, -0.1) is 11.3 Å². The quantitative estimate of drug-likeness (QED) is 0.157. The molecule has 0 amide bonds. The van der Waals surface area contributed by atoms with Gasteiger partial charge in [0, 0.05) is 70.0 Å². The van der Waals surface area contributed by atoms with Gasteiger partial charge in [0.2, 0.25) is 0 Å². The van der Waals surface area contributed by atoms with Gasteiger partial charge in [-0.25, -0.2) is 15.0 Å².